The summed E-state index contributed by atoms with van der Waals surface area (Å²) >= 11 is 7.30. The fourth-order valence-corrected chi connectivity index (χ4v) is 4.10. The lowest BCUT2D eigenvalue weighted by Gasteiger charge is -2.12. The van der Waals surface area contributed by atoms with Crippen molar-refractivity contribution in [3.63, 3.8) is 0 Å². The maximum absolute atomic E-state index is 14.1. The predicted molar refractivity (Wildman–Crippen MR) is 105 cm³/mol. The summed E-state index contributed by atoms with van der Waals surface area (Å²) in [5, 5.41) is 0.978. The molecule has 0 amide bonds. The molecule has 0 aliphatic carbocycles. The monoisotopic (exact) mass is 408 g/mol. The fourth-order valence-electron chi connectivity index (χ4n) is 2.72. The number of aryl methyl sites for hydroxylation is 2. The molecular weight excluding hydrogens is 391 g/mol. The van der Waals surface area contributed by atoms with E-state index in [-0.39, 0.29) is 16.8 Å². The highest BCUT2D eigenvalue weighted by molar-refractivity contribution is 7.98. The average Bonchev–Trinajstić information content (AvgIpc) is 2.64. The Labute approximate surface area is 164 Å². The van der Waals surface area contributed by atoms with E-state index in [2.05, 4.69) is 9.97 Å². The van der Waals surface area contributed by atoms with Gasteiger partial charge in [-0.1, -0.05) is 24.6 Å². The van der Waals surface area contributed by atoms with Crippen LogP contribution in [0.5, 0.6) is 0 Å². The van der Waals surface area contributed by atoms with E-state index in [1.165, 1.54) is 35.5 Å². The zero-order valence-corrected chi connectivity index (χ0v) is 16.7. The summed E-state index contributed by atoms with van der Waals surface area (Å²) in [5.74, 6) is 0.327. The zero-order chi connectivity index (χ0) is 19.7. The van der Waals surface area contributed by atoms with E-state index in [1.807, 2.05) is 6.92 Å². The van der Waals surface area contributed by atoms with Gasteiger partial charge in [0.2, 0.25) is 0 Å². The third kappa shape index (κ3) is 3.64. The topological polar surface area (TPSA) is 69.8 Å². The van der Waals surface area contributed by atoms with E-state index >= 15 is 0 Å². The van der Waals surface area contributed by atoms with E-state index in [0.717, 1.165) is 11.0 Å². The molecule has 2 heterocycles. The molecule has 0 spiro atoms. The van der Waals surface area contributed by atoms with Gasteiger partial charge in [-0.15, -0.1) is 11.8 Å². The minimum absolute atomic E-state index is 0.204. The van der Waals surface area contributed by atoms with Crippen molar-refractivity contribution in [1.29, 1.82) is 0 Å². The molecule has 0 saturated carbocycles. The van der Waals surface area contributed by atoms with Crippen LogP contribution >= 0.6 is 23.4 Å². The summed E-state index contributed by atoms with van der Waals surface area (Å²) < 4.78 is 16.4. The van der Waals surface area contributed by atoms with Crippen LogP contribution < -0.4 is 11.2 Å². The molecule has 0 N–H and O–H groups in total. The van der Waals surface area contributed by atoms with Crippen molar-refractivity contribution in [2.75, 3.05) is 0 Å². The number of hydrogen-bond acceptors (Lipinski definition) is 5. The number of benzene rings is 1. The molecular formula is C18H18ClFN4O2S. The molecule has 1 aromatic carbocycles. The Morgan fingerprint density at radius 3 is 2.59 bits per heavy atom. The second-order valence-corrected chi connectivity index (χ2v) is 7.46. The lowest BCUT2D eigenvalue weighted by molar-refractivity contribution is 0.617. The first-order valence-electron chi connectivity index (χ1n) is 8.37. The van der Waals surface area contributed by atoms with Gasteiger partial charge in [0.25, 0.3) is 5.56 Å². The summed E-state index contributed by atoms with van der Waals surface area (Å²) in [7, 11) is 2.97. The lowest BCUT2D eigenvalue weighted by atomic mass is 10.2. The molecule has 142 valence electrons. The van der Waals surface area contributed by atoms with Crippen LogP contribution in [0.2, 0.25) is 5.02 Å². The van der Waals surface area contributed by atoms with E-state index < -0.39 is 17.1 Å². The average molecular weight is 409 g/mol. The molecule has 0 aliphatic rings. The minimum Gasteiger partial charge on any atom is -0.280 e. The molecule has 0 saturated heterocycles. The van der Waals surface area contributed by atoms with Crippen molar-refractivity contribution in [1.82, 2.24) is 19.1 Å². The maximum atomic E-state index is 14.1. The minimum atomic E-state index is -0.474. The molecule has 3 rings (SSSR count). The molecule has 9 heteroatoms. The summed E-state index contributed by atoms with van der Waals surface area (Å²) in [5.41, 5.74) is -0.307. The molecule has 3 aromatic rings. The maximum Gasteiger partial charge on any atom is 0.332 e. The standard InChI is InChI=1S/C18H18ClFN4O2S/c1-4-6-13-21-15-14(17(25)24(3)18(26)23(15)2)16(22-13)27-9-10-11(19)7-5-8-12(10)20/h5,7-8H,4,6,9H2,1-3H3. The van der Waals surface area contributed by atoms with Gasteiger partial charge in [-0.05, 0) is 18.6 Å². The quantitative estimate of drug-likeness (QED) is 0.479. The van der Waals surface area contributed by atoms with Crippen LogP contribution in [0, 0.1) is 5.82 Å². The van der Waals surface area contributed by atoms with Crippen molar-refractivity contribution in [2.24, 2.45) is 14.1 Å². The van der Waals surface area contributed by atoms with Crippen molar-refractivity contribution in [2.45, 2.75) is 30.5 Å². The van der Waals surface area contributed by atoms with Gasteiger partial charge >= 0.3 is 5.69 Å². The molecule has 0 atom stereocenters. The molecule has 0 unspecified atom stereocenters. The second kappa shape index (κ2) is 7.82. The number of thioether (sulfide) groups is 1. The van der Waals surface area contributed by atoms with Gasteiger partial charge in [-0.2, -0.15) is 0 Å². The van der Waals surface area contributed by atoms with Gasteiger partial charge in [0.15, 0.2) is 5.65 Å². The van der Waals surface area contributed by atoms with Crippen LogP contribution in [-0.4, -0.2) is 19.1 Å². The van der Waals surface area contributed by atoms with E-state index in [0.29, 0.717) is 27.9 Å². The third-order valence-corrected chi connectivity index (χ3v) is 5.56. The van der Waals surface area contributed by atoms with Gasteiger partial charge in [0.05, 0.1) is 0 Å². The highest BCUT2D eigenvalue weighted by Gasteiger charge is 2.18. The summed E-state index contributed by atoms with van der Waals surface area (Å²) in [4.78, 5) is 33.8. The smallest absolute Gasteiger partial charge is 0.280 e. The van der Waals surface area contributed by atoms with Crippen LogP contribution in [-0.2, 0) is 26.3 Å². The van der Waals surface area contributed by atoms with Crippen molar-refractivity contribution in [3.05, 3.63) is 61.3 Å². The van der Waals surface area contributed by atoms with Crippen LogP contribution in [0.3, 0.4) is 0 Å². The van der Waals surface area contributed by atoms with Crippen LogP contribution in [0.4, 0.5) is 4.39 Å². The Morgan fingerprint density at radius 2 is 1.93 bits per heavy atom. The Balaban J connectivity index is 2.18. The largest absolute Gasteiger partial charge is 0.332 e. The van der Waals surface area contributed by atoms with Gasteiger partial charge in [0.1, 0.15) is 22.1 Å². The summed E-state index contributed by atoms with van der Waals surface area (Å²) in [6.45, 7) is 1.99. The third-order valence-electron chi connectivity index (χ3n) is 4.20. The Bertz CT molecular complexity index is 1120. The van der Waals surface area contributed by atoms with Gasteiger partial charge < -0.3 is 0 Å². The van der Waals surface area contributed by atoms with E-state index in [4.69, 9.17) is 11.6 Å². The lowest BCUT2D eigenvalue weighted by Crippen LogP contribution is -2.37. The second-order valence-electron chi connectivity index (χ2n) is 6.09. The highest BCUT2D eigenvalue weighted by atomic mass is 35.5. The Morgan fingerprint density at radius 1 is 1.19 bits per heavy atom. The molecule has 0 radical (unpaired) electrons. The zero-order valence-electron chi connectivity index (χ0n) is 15.1. The Kier molecular flexibility index (Phi) is 5.67. The fraction of sp³-hybridized carbons (Fsp3) is 0.333. The van der Waals surface area contributed by atoms with E-state index in [1.54, 1.807) is 13.1 Å². The van der Waals surface area contributed by atoms with Crippen molar-refractivity contribution >= 4 is 34.4 Å². The number of halogens is 2. The number of nitrogens with zero attached hydrogens (tertiary/aromatic N) is 4. The number of fused-ring (bicyclic) bond motifs is 1. The van der Waals surface area contributed by atoms with Crippen molar-refractivity contribution in [3.8, 4) is 0 Å². The highest BCUT2D eigenvalue weighted by Crippen LogP contribution is 2.30. The van der Waals surface area contributed by atoms with Gasteiger partial charge in [0, 0.05) is 36.9 Å². The molecule has 6 nitrogen and oxygen atoms in total. The number of hydrogen-bond donors (Lipinski definition) is 0. The van der Waals surface area contributed by atoms with Gasteiger partial charge in [-0.3, -0.25) is 13.9 Å². The molecule has 2 aromatic heterocycles. The van der Waals surface area contributed by atoms with Crippen LogP contribution in [0.25, 0.3) is 11.0 Å². The van der Waals surface area contributed by atoms with Crippen LogP contribution in [0.1, 0.15) is 24.7 Å². The normalized spacial score (nSPS) is 11.3. The summed E-state index contributed by atoms with van der Waals surface area (Å²) in [6.07, 6.45) is 1.42. The summed E-state index contributed by atoms with van der Waals surface area (Å²) in [6, 6.07) is 4.49. The SMILES string of the molecule is CCCc1nc(SCc2c(F)cccc2Cl)c2c(=O)n(C)c(=O)n(C)c2n1. The van der Waals surface area contributed by atoms with Gasteiger partial charge in [-0.25, -0.2) is 19.2 Å². The first-order valence-corrected chi connectivity index (χ1v) is 9.73. The van der Waals surface area contributed by atoms with E-state index in [9.17, 15) is 14.0 Å². The first-order chi connectivity index (χ1) is 12.8. The van der Waals surface area contributed by atoms with Crippen molar-refractivity contribution < 1.29 is 4.39 Å². The molecule has 0 bridgehead atoms. The predicted octanol–water partition coefficient (Wildman–Crippen LogP) is 3.06. The molecule has 27 heavy (non-hydrogen) atoms. The number of aromatic nitrogens is 4. The van der Waals surface area contributed by atoms with Crippen LogP contribution in [0.15, 0.2) is 32.8 Å². The first kappa shape index (κ1) is 19.6. The Hall–Kier alpha value is -2.19. The molecule has 0 aliphatic heterocycles. The number of rotatable bonds is 5. The molecule has 0 fully saturated rings.